The fraction of sp³-hybridized carbons (Fsp3) is 0.571. The molecule has 1 rings (SSSR count). The first-order valence-electron chi connectivity index (χ1n) is 6.94. The molecule has 0 fully saturated rings. The zero-order valence-corrected chi connectivity index (χ0v) is 13.4. The van der Waals surface area contributed by atoms with E-state index >= 15 is 0 Å². The summed E-state index contributed by atoms with van der Waals surface area (Å²) in [7, 11) is 1.19. The van der Waals surface area contributed by atoms with E-state index in [0.29, 0.717) is 11.5 Å². The molecule has 1 heterocycles. The molecule has 1 amide bonds. The van der Waals surface area contributed by atoms with Crippen LogP contribution < -0.4 is 5.43 Å². The molecule has 0 aliphatic heterocycles. The minimum Gasteiger partial charge on any atom is -0.469 e. The second kappa shape index (κ2) is 7.58. The summed E-state index contributed by atoms with van der Waals surface area (Å²) in [5.41, 5.74) is 3.15. The minimum absolute atomic E-state index is 0.0307. The molecule has 0 aromatic carbocycles. The maximum Gasteiger partial charge on any atom is 0.358 e. The third kappa shape index (κ3) is 4.06. The van der Waals surface area contributed by atoms with E-state index < -0.39 is 24.3 Å². The van der Waals surface area contributed by atoms with Gasteiger partial charge in [-0.25, -0.2) is 14.5 Å². The second-order valence-corrected chi connectivity index (χ2v) is 4.89. The number of carbonyl (C=O) groups is 3. The van der Waals surface area contributed by atoms with E-state index in [-0.39, 0.29) is 18.2 Å². The highest BCUT2D eigenvalue weighted by Gasteiger charge is 2.26. The van der Waals surface area contributed by atoms with Gasteiger partial charge in [0.25, 0.3) is 0 Å². The van der Waals surface area contributed by atoms with Crippen molar-refractivity contribution in [3.05, 3.63) is 17.2 Å². The van der Waals surface area contributed by atoms with Crippen molar-refractivity contribution in [3.8, 4) is 0 Å². The summed E-state index contributed by atoms with van der Waals surface area (Å²) in [6, 6.07) is 0. The number of methoxy groups -OCH3 is 1. The molecule has 0 saturated heterocycles. The molecular formula is C14H21N3O5. The van der Waals surface area contributed by atoms with Gasteiger partial charge < -0.3 is 9.47 Å². The number of hydrogen-bond acceptors (Lipinski definition) is 6. The fourth-order valence-corrected chi connectivity index (χ4v) is 1.86. The number of aromatic nitrogens is 2. The molecule has 1 N–H and O–H groups in total. The highest BCUT2D eigenvalue weighted by molar-refractivity contribution is 5.99. The maximum atomic E-state index is 12.1. The number of nitrogens with one attached hydrogen (secondary N) is 1. The van der Waals surface area contributed by atoms with Gasteiger partial charge in [-0.3, -0.25) is 15.0 Å². The average molecular weight is 311 g/mol. The van der Waals surface area contributed by atoms with Gasteiger partial charge in [0.05, 0.1) is 19.4 Å². The lowest BCUT2D eigenvalue weighted by molar-refractivity contribution is -0.143. The number of aryl methyl sites for hydroxylation is 1. The Morgan fingerprint density at radius 3 is 2.45 bits per heavy atom. The van der Waals surface area contributed by atoms with Crippen molar-refractivity contribution in [1.29, 1.82) is 0 Å². The molecule has 0 radical (unpaired) electrons. The summed E-state index contributed by atoms with van der Waals surface area (Å²) in [5, 5.41) is 0. The Hall–Kier alpha value is -2.38. The van der Waals surface area contributed by atoms with Crippen LogP contribution in [-0.2, 0) is 19.1 Å². The Balaban J connectivity index is 3.14. The Bertz CT molecular complexity index is 577. The molecule has 0 aliphatic rings. The van der Waals surface area contributed by atoms with Crippen LogP contribution >= 0.6 is 0 Å². The van der Waals surface area contributed by atoms with Crippen LogP contribution in [-0.4, -0.2) is 41.2 Å². The summed E-state index contributed by atoms with van der Waals surface area (Å²) < 4.78 is 10.7. The van der Waals surface area contributed by atoms with Crippen molar-refractivity contribution in [2.24, 2.45) is 0 Å². The van der Waals surface area contributed by atoms with Crippen LogP contribution in [0.3, 0.4) is 0 Å². The number of carbonyl (C=O) groups excluding carboxylic acids is 3. The minimum atomic E-state index is -0.669. The molecule has 8 heteroatoms. The summed E-state index contributed by atoms with van der Waals surface area (Å²) >= 11 is 0. The summed E-state index contributed by atoms with van der Waals surface area (Å²) in [4.78, 5) is 39.4. The first-order valence-corrected chi connectivity index (χ1v) is 6.94. The zero-order valence-electron chi connectivity index (χ0n) is 13.4. The van der Waals surface area contributed by atoms with Crippen LogP contribution in [0.5, 0.6) is 0 Å². The quantitative estimate of drug-likeness (QED) is 0.624. The number of amides is 1. The van der Waals surface area contributed by atoms with Gasteiger partial charge in [0.1, 0.15) is 12.2 Å². The lowest BCUT2D eigenvalue weighted by Crippen LogP contribution is -2.29. The lowest BCUT2D eigenvalue weighted by Gasteiger charge is -2.12. The van der Waals surface area contributed by atoms with Crippen LogP contribution in [0.15, 0.2) is 0 Å². The van der Waals surface area contributed by atoms with Gasteiger partial charge in [0.2, 0.25) is 5.91 Å². The van der Waals surface area contributed by atoms with E-state index in [1.54, 1.807) is 13.8 Å². The molecule has 0 atom stereocenters. The van der Waals surface area contributed by atoms with Crippen molar-refractivity contribution in [2.75, 3.05) is 19.1 Å². The first-order chi connectivity index (χ1) is 10.3. The molecule has 0 unspecified atom stereocenters. The van der Waals surface area contributed by atoms with Gasteiger partial charge in [-0.2, -0.15) is 0 Å². The Morgan fingerprint density at radius 1 is 1.32 bits per heavy atom. The van der Waals surface area contributed by atoms with Crippen molar-refractivity contribution in [3.63, 3.8) is 0 Å². The van der Waals surface area contributed by atoms with E-state index in [2.05, 4.69) is 15.1 Å². The van der Waals surface area contributed by atoms with Gasteiger partial charge in [0.15, 0.2) is 5.69 Å². The predicted molar refractivity (Wildman–Crippen MR) is 78.0 cm³/mol. The smallest absolute Gasteiger partial charge is 0.358 e. The van der Waals surface area contributed by atoms with E-state index in [0.717, 1.165) is 0 Å². The average Bonchev–Trinajstić information content (AvgIpc) is 2.76. The van der Waals surface area contributed by atoms with E-state index in [9.17, 15) is 14.4 Å². The van der Waals surface area contributed by atoms with E-state index in [1.807, 2.05) is 13.8 Å². The Morgan fingerprint density at radius 2 is 1.95 bits per heavy atom. The van der Waals surface area contributed by atoms with Crippen LogP contribution in [0, 0.1) is 6.92 Å². The number of esters is 2. The van der Waals surface area contributed by atoms with Gasteiger partial charge in [0, 0.05) is 0 Å². The van der Waals surface area contributed by atoms with Crippen LogP contribution in [0.25, 0.3) is 0 Å². The van der Waals surface area contributed by atoms with Crippen molar-refractivity contribution in [2.45, 2.75) is 40.0 Å². The topological polar surface area (TPSA) is 99.5 Å². The molecule has 0 saturated carbocycles. The zero-order chi connectivity index (χ0) is 16.9. The van der Waals surface area contributed by atoms with Gasteiger partial charge in [-0.05, 0) is 19.8 Å². The summed E-state index contributed by atoms with van der Waals surface area (Å²) in [6.07, 6.45) is -0.451. The number of rotatable bonds is 6. The highest BCUT2D eigenvalue weighted by atomic mass is 16.5. The monoisotopic (exact) mass is 311 g/mol. The first kappa shape index (κ1) is 17.7. The van der Waals surface area contributed by atoms with E-state index in [4.69, 9.17) is 4.74 Å². The van der Waals surface area contributed by atoms with Gasteiger partial charge in [-0.15, -0.1) is 0 Å². The van der Waals surface area contributed by atoms with Gasteiger partial charge >= 0.3 is 11.9 Å². The number of hydrogen-bond donors (Lipinski definition) is 1. The molecule has 122 valence electrons. The SMILES string of the molecule is CCOC(=O)c1c(C(C)C)nc(C)n1NC(=O)CC(=O)OC. The molecule has 0 aliphatic carbocycles. The molecule has 0 spiro atoms. The lowest BCUT2D eigenvalue weighted by atomic mass is 10.1. The third-order valence-electron chi connectivity index (χ3n) is 2.86. The van der Waals surface area contributed by atoms with Crippen molar-refractivity contribution >= 4 is 17.8 Å². The van der Waals surface area contributed by atoms with Crippen LogP contribution in [0.2, 0.25) is 0 Å². The molecule has 1 aromatic heterocycles. The van der Waals surface area contributed by atoms with Gasteiger partial charge in [-0.1, -0.05) is 13.8 Å². The normalized spacial score (nSPS) is 10.5. The highest BCUT2D eigenvalue weighted by Crippen LogP contribution is 2.20. The molecule has 22 heavy (non-hydrogen) atoms. The number of nitrogens with zero attached hydrogens (tertiary/aromatic N) is 2. The largest absolute Gasteiger partial charge is 0.469 e. The molecule has 0 bridgehead atoms. The summed E-state index contributed by atoms with van der Waals surface area (Å²) in [6.45, 7) is 7.30. The fourth-order valence-electron chi connectivity index (χ4n) is 1.86. The second-order valence-electron chi connectivity index (χ2n) is 4.89. The Kier molecular flexibility index (Phi) is 6.09. The van der Waals surface area contributed by atoms with Crippen molar-refractivity contribution in [1.82, 2.24) is 9.66 Å². The van der Waals surface area contributed by atoms with Crippen LogP contribution in [0.4, 0.5) is 0 Å². The molecule has 8 nitrogen and oxygen atoms in total. The number of ether oxygens (including phenoxy) is 2. The summed E-state index contributed by atoms with van der Waals surface area (Å²) in [5.74, 6) is -1.46. The molecule has 1 aromatic rings. The Labute approximate surface area is 128 Å². The third-order valence-corrected chi connectivity index (χ3v) is 2.86. The predicted octanol–water partition coefficient (Wildman–Crippen LogP) is 1.12. The number of imidazole rings is 1. The maximum absolute atomic E-state index is 12.1. The van der Waals surface area contributed by atoms with Crippen LogP contribution in [0.1, 0.15) is 55.1 Å². The van der Waals surface area contributed by atoms with E-state index in [1.165, 1.54) is 11.8 Å². The molecular weight excluding hydrogens is 290 g/mol. The van der Waals surface area contributed by atoms with Crippen molar-refractivity contribution < 1.29 is 23.9 Å². The standard InChI is InChI=1S/C14H21N3O5/c1-6-22-14(20)13-12(8(2)3)15-9(4)17(13)16-10(18)7-11(19)21-5/h8H,6-7H2,1-5H3,(H,16,18).